The molecule has 2 aromatic carbocycles. The van der Waals surface area contributed by atoms with Crippen LogP contribution in [-0.4, -0.2) is 151 Å². The number of hydrogen-bond donors (Lipinski definition) is 11. The van der Waals surface area contributed by atoms with Gasteiger partial charge in [0.25, 0.3) is 17.4 Å². The fourth-order valence-corrected chi connectivity index (χ4v) is 8.92. The predicted octanol–water partition coefficient (Wildman–Crippen LogP) is 2.67. The van der Waals surface area contributed by atoms with E-state index in [0.29, 0.717) is 29.1 Å². The van der Waals surface area contributed by atoms with Crippen molar-refractivity contribution in [3.8, 4) is 0 Å². The summed E-state index contributed by atoms with van der Waals surface area (Å²) in [6.45, 7) is 13.0. The summed E-state index contributed by atoms with van der Waals surface area (Å²) in [6, 6.07) is 12.4. The van der Waals surface area contributed by atoms with E-state index < -0.39 is 17.5 Å². The SMILES string of the molecule is Nc1nc2ncc(CNc3ccc(C(=O)NC(CCC(=O)NCNC(=O)c4cc(CN5CCCCCCNCCCNCC5)ccc4CN4CCCCCCNCCNCCC4)COO)cc3)nc2c(=O)[nH]1. The van der Waals surface area contributed by atoms with E-state index >= 15 is 0 Å². The normalized spacial score (nSPS) is 17.5. The minimum absolute atomic E-state index is 0.00264. The average molecular weight is 998 g/mol. The topological polar surface area (TPSA) is 281 Å². The van der Waals surface area contributed by atoms with Crippen molar-refractivity contribution >= 4 is 40.5 Å². The van der Waals surface area contributed by atoms with E-state index in [1.807, 2.05) is 6.07 Å². The zero-order valence-corrected chi connectivity index (χ0v) is 42.0. The molecular formula is C51H79N15O6. The lowest BCUT2D eigenvalue weighted by atomic mass is 10.0. The van der Waals surface area contributed by atoms with Crippen LogP contribution >= 0.6 is 0 Å². The number of hydrogen-bond acceptors (Lipinski definition) is 17. The number of benzene rings is 2. The monoisotopic (exact) mass is 998 g/mol. The first-order valence-electron chi connectivity index (χ1n) is 26.1. The van der Waals surface area contributed by atoms with E-state index in [1.165, 1.54) is 44.7 Å². The number of nitrogen functional groups attached to an aromatic ring is 1. The van der Waals surface area contributed by atoms with Crippen molar-refractivity contribution < 1.29 is 24.5 Å². The molecule has 1 unspecified atom stereocenters. The van der Waals surface area contributed by atoms with Crippen LogP contribution in [0.5, 0.6) is 0 Å². The smallest absolute Gasteiger partial charge is 0.280 e. The highest BCUT2D eigenvalue weighted by atomic mass is 17.1. The fraction of sp³-hybridized carbons (Fsp3) is 0.588. The Balaban J connectivity index is 1.02. The zero-order valence-electron chi connectivity index (χ0n) is 42.0. The Bertz CT molecular complexity index is 2290. The van der Waals surface area contributed by atoms with Gasteiger partial charge >= 0.3 is 0 Å². The van der Waals surface area contributed by atoms with Gasteiger partial charge in [-0.1, -0.05) is 37.8 Å². The molecule has 2 aliphatic heterocycles. The number of aromatic amines is 1. The highest BCUT2D eigenvalue weighted by Crippen LogP contribution is 2.19. The number of fused-ring (bicyclic) bond motifs is 1. The molecule has 0 aliphatic carbocycles. The maximum absolute atomic E-state index is 14.2. The standard InChI is InChI=1S/C51H79N15O6/c52-51-63-47-46(50(70)64-51)61-43(33-58-47)32-57-41-15-13-39(14-16-41)48(68)62-42(36-72-71)17-18-45(67)59-37-60-49(69)44-31-38(34-66-28-8-4-1-5-19-53-21-9-22-56-26-30-66)11-12-40(44)35-65-27-7-3-2-6-20-54-24-25-55-23-10-29-65/h11-16,31,33,42,53-57,71H,1-10,17-30,32,34-37H2,(H,59,67)(H,60,69)(H,62,68)(H3,52,58,63,64,70). The van der Waals surface area contributed by atoms with Gasteiger partial charge in [-0.15, -0.1) is 0 Å². The Morgan fingerprint density at radius 2 is 1.39 bits per heavy atom. The molecule has 0 radical (unpaired) electrons. The molecule has 394 valence electrons. The summed E-state index contributed by atoms with van der Waals surface area (Å²) in [5, 5.41) is 35.4. The van der Waals surface area contributed by atoms with Crippen molar-refractivity contribution in [1.82, 2.24) is 67.0 Å². The first kappa shape index (κ1) is 55.7. The highest BCUT2D eigenvalue weighted by molar-refractivity contribution is 5.96. The van der Waals surface area contributed by atoms with E-state index in [-0.39, 0.29) is 61.6 Å². The molecule has 2 aromatic heterocycles. The Hall–Kier alpha value is -5.65. The van der Waals surface area contributed by atoms with Crippen LogP contribution in [0.25, 0.3) is 11.2 Å². The second-order valence-electron chi connectivity index (χ2n) is 18.8. The Morgan fingerprint density at radius 1 is 0.722 bits per heavy atom. The number of carbonyl (C=O) groups excluding carboxylic acids is 3. The molecule has 4 heterocycles. The number of nitrogens with one attached hydrogen (secondary N) is 9. The number of aromatic nitrogens is 4. The fourth-order valence-electron chi connectivity index (χ4n) is 8.92. The van der Waals surface area contributed by atoms with Crippen LogP contribution in [0.1, 0.15) is 115 Å². The first-order valence-corrected chi connectivity index (χ1v) is 26.1. The molecule has 0 saturated carbocycles. The van der Waals surface area contributed by atoms with Gasteiger partial charge in [-0.2, -0.15) is 4.98 Å². The molecular weight excluding hydrogens is 919 g/mol. The van der Waals surface area contributed by atoms with Crippen LogP contribution < -0.4 is 53.8 Å². The molecule has 3 amide bonds. The van der Waals surface area contributed by atoms with Crippen molar-refractivity contribution in [2.45, 2.75) is 103 Å². The average Bonchev–Trinajstić information content (AvgIpc) is 3.37. The van der Waals surface area contributed by atoms with Crippen molar-refractivity contribution in [2.75, 3.05) is 103 Å². The summed E-state index contributed by atoms with van der Waals surface area (Å²) < 4.78 is 0. The van der Waals surface area contributed by atoms with Crippen molar-refractivity contribution in [3.63, 3.8) is 0 Å². The molecule has 21 heteroatoms. The maximum atomic E-state index is 14.2. The van der Waals surface area contributed by atoms with E-state index in [9.17, 15) is 24.4 Å². The lowest BCUT2D eigenvalue weighted by molar-refractivity contribution is -0.246. The van der Waals surface area contributed by atoms with Gasteiger partial charge in [0.1, 0.15) is 6.61 Å². The lowest BCUT2D eigenvalue weighted by Crippen LogP contribution is -2.41. The van der Waals surface area contributed by atoms with E-state index in [2.05, 4.69) is 89.3 Å². The molecule has 21 nitrogen and oxygen atoms in total. The number of H-pyrrole nitrogens is 1. The largest absolute Gasteiger partial charge is 0.379 e. The summed E-state index contributed by atoms with van der Waals surface area (Å²) in [5.74, 6) is -1.04. The van der Waals surface area contributed by atoms with Gasteiger partial charge < -0.3 is 48.3 Å². The number of anilines is 2. The number of nitrogens with two attached hydrogens (primary N) is 1. The van der Waals surface area contributed by atoms with Gasteiger partial charge in [0.15, 0.2) is 11.2 Å². The summed E-state index contributed by atoms with van der Waals surface area (Å²) in [7, 11) is 0. The third-order valence-corrected chi connectivity index (χ3v) is 13.0. The van der Waals surface area contributed by atoms with Crippen LogP contribution in [0, 0.1) is 0 Å². The second kappa shape index (κ2) is 31.7. The molecule has 2 aliphatic rings. The van der Waals surface area contributed by atoms with E-state index in [0.717, 1.165) is 122 Å². The van der Waals surface area contributed by atoms with Crippen molar-refractivity contribution in [3.05, 3.63) is 87.0 Å². The predicted molar refractivity (Wildman–Crippen MR) is 280 cm³/mol. The van der Waals surface area contributed by atoms with Gasteiger partial charge in [-0.3, -0.25) is 39.2 Å². The molecule has 2 saturated heterocycles. The molecule has 12 N–H and O–H groups in total. The minimum atomic E-state index is -0.684. The zero-order chi connectivity index (χ0) is 50.6. The third kappa shape index (κ3) is 20.1. The molecule has 4 aromatic rings. The van der Waals surface area contributed by atoms with E-state index in [4.69, 9.17) is 5.73 Å². The Morgan fingerprint density at radius 3 is 2.14 bits per heavy atom. The van der Waals surface area contributed by atoms with Crippen LogP contribution in [0.4, 0.5) is 11.6 Å². The highest BCUT2D eigenvalue weighted by Gasteiger charge is 2.20. The molecule has 0 bridgehead atoms. The van der Waals surface area contributed by atoms with Crippen molar-refractivity contribution in [1.29, 1.82) is 0 Å². The number of amides is 3. The third-order valence-electron chi connectivity index (χ3n) is 13.0. The van der Waals surface area contributed by atoms with Crippen LogP contribution in [0.2, 0.25) is 0 Å². The Kier molecular flexibility index (Phi) is 24.5. The number of rotatable bonds is 17. The summed E-state index contributed by atoms with van der Waals surface area (Å²) in [5.41, 5.74) is 9.53. The number of carbonyl (C=O) groups is 3. The summed E-state index contributed by atoms with van der Waals surface area (Å²) in [6.07, 6.45) is 13.2. The summed E-state index contributed by atoms with van der Waals surface area (Å²) >= 11 is 0. The van der Waals surface area contributed by atoms with Crippen LogP contribution in [-0.2, 0) is 29.3 Å². The second-order valence-corrected chi connectivity index (χ2v) is 18.8. The molecule has 0 spiro atoms. The number of nitrogens with zero attached hydrogens (tertiary/aromatic N) is 5. The molecule has 72 heavy (non-hydrogen) atoms. The first-order chi connectivity index (χ1) is 35.2. The maximum Gasteiger partial charge on any atom is 0.280 e. The van der Waals surface area contributed by atoms with Gasteiger partial charge in [0, 0.05) is 62.5 Å². The lowest BCUT2D eigenvalue weighted by Gasteiger charge is -2.26. The van der Waals surface area contributed by atoms with Crippen molar-refractivity contribution in [2.24, 2.45) is 0 Å². The summed E-state index contributed by atoms with van der Waals surface area (Å²) in [4.78, 5) is 77.1. The van der Waals surface area contributed by atoms with Gasteiger partial charge in [0.05, 0.1) is 31.1 Å². The quantitative estimate of drug-likeness (QED) is 0.0412. The van der Waals surface area contributed by atoms with Gasteiger partial charge in [-0.05, 0) is 139 Å². The van der Waals surface area contributed by atoms with Crippen LogP contribution in [0.3, 0.4) is 0 Å². The molecule has 1 atom stereocenters. The molecule has 2 fully saturated rings. The van der Waals surface area contributed by atoms with E-state index in [1.54, 1.807) is 24.3 Å². The minimum Gasteiger partial charge on any atom is -0.379 e. The van der Waals surface area contributed by atoms with Crippen LogP contribution in [0.15, 0.2) is 53.5 Å². The van der Waals surface area contributed by atoms with Gasteiger partial charge in [-0.25, -0.2) is 14.9 Å². The Labute approximate surface area is 423 Å². The molecule has 6 rings (SSSR count). The van der Waals surface area contributed by atoms with Gasteiger partial charge in [0.2, 0.25) is 11.9 Å².